The van der Waals surface area contributed by atoms with E-state index in [1.54, 1.807) is 30.3 Å². The van der Waals surface area contributed by atoms with Gasteiger partial charge in [-0.05, 0) is 29.4 Å². The van der Waals surface area contributed by atoms with Gasteiger partial charge in [-0.15, -0.1) is 0 Å². The smallest absolute Gasteiger partial charge is 0.202 e. The number of benzene rings is 1. The Morgan fingerprint density at radius 3 is 2.40 bits per heavy atom. The van der Waals surface area contributed by atoms with Gasteiger partial charge in [0.05, 0.1) is 4.90 Å². The molecule has 0 unspecified atom stereocenters. The second-order valence-corrected chi connectivity index (χ2v) is 6.28. The summed E-state index contributed by atoms with van der Waals surface area (Å²) in [6.07, 6.45) is 1.39. The van der Waals surface area contributed by atoms with Crippen LogP contribution in [0.5, 0.6) is 0 Å². The topological polar surface area (TPSA) is 34.1 Å². The first-order chi connectivity index (χ1) is 7.09. The van der Waals surface area contributed by atoms with Crippen molar-refractivity contribution in [3.8, 4) is 0 Å². The third-order valence-corrected chi connectivity index (χ3v) is 4.64. The standard InChI is InChI=1S/C11H13IO2S/c1-10(6-5-9-12)15(13,14)11-7-3-2-4-8-11/h2-4,7-8H,1,5-6,9H2. The first-order valence-electron chi connectivity index (χ1n) is 4.63. The Bertz CT molecular complexity index is 423. The quantitative estimate of drug-likeness (QED) is 0.611. The summed E-state index contributed by atoms with van der Waals surface area (Å²) in [6, 6.07) is 8.44. The molecule has 0 bridgehead atoms. The van der Waals surface area contributed by atoms with Crippen LogP contribution in [0, 0.1) is 0 Å². The highest BCUT2D eigenvalue weighted by atomic mass is 127. The summed E-state index contributed by atoms with van der Waals surface area (Å²) in [4.78, 5) is 0.647. The van der Waals surface area contributed by atoms with Crippen molar-refractivity contribution in [1.82, 2.24) is 0 Å². The summed E-state index contributed by atoms with van der Waals surface area (Å²) < 4.78 is 24.8. The Kier molecular flexibility index (Phi) is 4.79. The van der Waals surface area contributed by atoms with Crippen LogP contribution in [0.3, 0.4) is 0 Å². The van der Waals surface area contributed by atoms with E-state index in [1.165, 1.54) is 0 Å². The first kappa shape index (κ1) is 12.7. The van der Waals surface area contributed by atoms with Crippen LogP contribution in [0.1, 0.15) is 12.8 Å². The second kappa shape index (κ2) is 5.65. The molecule has 0 saturated carbocycles. The molecule has 0 aliphatic carbocycles. The number of sulfone groups is 1. The maximum atomic E-state index is 11.9. The maximum Gasteiger partial charge on any atom is 0.202 e. The molecule has 0 spiro atoms. The van der Waals surface area contributed by atoms with E-state index in [2.05, 4.69) is 29.2 Å². The number of alkyl halides is 1. The largest absolute Gasteiger partial charge is 0.219 e. The molecule has 1 aromatic rings. The van der Waals surface area contributed by atoms with Crippen molar-refractivity contribution < 1.29 is 8.42 Å². The highest BCUT2D eigenvalue weighted by Gasteiger charge is 2.17. The molecule has 2 nitrogen and oxygen atoms in total. The van der Waals surface area contributed by atoms with E-state index in [-0.39, 0.29) is 0 Å². The molecule has 0 atom stereocenters. The van der Waals surface area contributed by atoms with Crippen molar-refractivity contribution in [2.75, 3.05) is 4.43 Å². The Morgan fingerprint density at radius 1 is 1.27 bits per heavy atom. The zero-order chi connectivity index (χ0) is 11.3. The number of rotatable bonds is 5. The minimum absolute atomic E-state index is 0.311. The summed E-state index contributed by atoms with van der Waals surface area (Å²) in [5, 5.41) is 0. The fourth-order valence-electron chi connectivity index (χ4n) is 1.16. The lowest BCUT2D eigenvalue weighted by atomic mass is 10.3. The molecule has 0 aliphatic rings. The van der Waals surface area contributed by atoms with E-state index in [0.717, 1.165) is 10.8 Å². The fourth-order valence-corrected chi connectivity index (χ4v) is 2.81. The SMILES string of the molecule is C=C(CCCI)S(=O)(=O)c1ccccc1. The Morgan fingerprint density at radius 2 is 1.87 bits per heavy atom. The van der Waals surface area contributed by atoms with E-state index < -0.39 is 9.84 Å². The fraction of sp³-hybridized carbons (Fsp3) is 0.273. The average Bonchev–Trinajstić information content (AvgIpc) is 2.27. The summed E-state index contributed by atoms with van der Waals surface area (Å²) >= 11 is 2.23. The predicted octanol–water partition coefficient (Wildman–Crippen LogP) is 3.19. The van der Waals surface area contributed by atoms with Gasteiger partial charge in [0.25, 0.3) is 0 Å². The second-order valence-electron chi connectivity index (χ2n) is 3.15. The maximum absolute atomic E-state index is 11.9. The number of hydrogen-bond donors (Lipinski definition) is 0. The number of halogens is 1. The molecule has 1 aromatic carbocycles. The minimum Gasteiger partial charge on any atom is -0.219 e. The molecular formula is C11H13IO2S. The van der Waals surface area contributed by atoms with Gasteiger partial charge in [-0.25, -0.2) is 8.42 Å². The van der Waals surface area contributed by atoms with Gasteiger partial charge in [0.2, 0.25) is 9.84 Å². The van der Waals surface area contributed by atoms with Crippen molar-refractivity contribution >= 4 is 32.4 Å². The minimum atomic E-state index is -3.31. The molecule has 1 rings (SSSR count). The molecule has 15 heavy (non-hydrogen) atoms. The van der Waals surface area contributed by atoms with Gasteiger partial charge in [-0.2, -0.15) is 0 Å². The number of allylic oxidation sites excluding steroid dienone is 1. The molecule has 82 valence electrons. The Hall–Kier alpha value is -0.360. The molecule has 0 aliphatic heterocycles. The normalized spacial score (nSPS) is 11.3. The van der Waals surface area contributed by atoms with Crippen molar-refractivity contribution in [3.63, 3.8) is 0 Å². The van der Waals surface area contributed by atoms with Gasteiger partial charge in [0.1, 0.15) is 0 Å². The van der Waals surface area contributed by atoms with Crippen LogP contribution in [0.25, 0.3) is 0 Å². The van der Waals surface area contributed by atoms with Crippen LogP contribution in [-0.2, 0) is 9.84 Å². The monoisotopic (exact) mass is 336 g/mol. The van der Waals surface area contributed by atoms with Crippen molar-refractivity contribution in [2.24, 2.45) is 0 Å². The lowest BCUT2D eigenvalue weighted by Gasteiger charge is -2.06. The molecule has 0 fully saturated rings. The van der Waals surface area contributed by atoms with Crippen LogP contribution in [0.2, 0.25) is 0 Å². The molecule has 4 heteroatoms. The summed E-state index contributed by atoms with van der Waals surface area (Å²) in [5.74, 6) is 0. The molecule has 0 radical (unpaired) electrons. The highest BCUT2D eigenvalue weighted by molar-refractivity contribution is 14.1. The predicted molar refractivity (Wildman–Crippen MR) is 70.9 cm³/mol. The third kappa shape index (κ3) is 3.31. The van der Waals surface area contributed by atoms with E-state index in [1.807, 2.05) is 0 Å². The molecular weight excluding hydrogens is 323 g/mol. The number of hydrogen-bond acceptors (Lipinski definition) is 2. The van der Waals surface area contributed by atoms with Crippen molar-refractivity contribution in [1.29, 1.82) is 0 Å². The summed E-state index contributed by atoms with van der Waals surface area (Å²) in [7, 11) is -3.31. The van der Waals surface area contributed by atoms with Crippen molar-refractivity contribution in [2.45, 2.75) is 17.7 Å². The van der Waals surface area contributed by atoms with E-state index in [0.29, 0.717) is 16.2 Å². The van der Waals surface area contributed by atoms with Crippen LogP contribution < -0.4 is 0 Å². The molecule has 0 heterocycles. The van der Waals surface area contributed by atoms with Gasteiger partial charge < -0.3 is 0 Å². The highest BCUT2D eigenvalue weighted by Crippen LogP contribution is 2.21. The van der Waals surface area contributed by atoms with Gasteiger partial charge >= 0.3 is 0 Å². The van der Waals surface area contributed by atoms with Crippen LogP contribution in [-0.4, -0.2) is 12.8 Å². The van der Waals surface area contributed by atoms with E-state index in [4.69, 9.17) is 0 Å². The van der Waals surface area contributed by atoms with Crippen LogP contribution >= 0.6 is 22.6 Å². The van der Waals surface area contributed by atoms with Gasteiger partial charge in [-0.1, -0.05) is 47.4 Å². The Balaban J connectivity index is 2.89. The molecule has 0 amide bonds. The van der Waals surface area contributed by atoms with Crippen LogP contribution in [0.15, 0.2) is 46.7 Å². The zero-order valence-corrected chi connectivity index (χ0v) is 11.3. The molecule has 0 saturated heterocycles. The lowest BCUT2D eigenvalue weighted by molar-refractivity contribution is 0.600. The Labute approximate surface area is 104 Å². The van der Waals surface area contributed by atoms with Gasteiger partial charge in [-0.3, -0.25) is 0 Å². The zero-order valence-electron chi connectivity index (χ0n) is 8.32. The van der Waals surface area contributed by atoms with Gasteiger partial charge in [0, 0.05) is 4.91 Å². The molecule has 0 aromatic heterocycles. The molecule has 0 N–H and O–H groups in total. The van der Waals surface area contributed by atoms with Crippen molar-refractivity contribution in [3.05, 3.63) is 41.8 Å². The average molecular weight is 336 g/mol. The first-order valence-corrected chi connectivity index (χ1v) is 7.64. The third-order valence-electron chi connectivity index (χ3n) is 2.02. The lowest BCUT2D eigenvalue weighted by Crippen LogP contribution is -2.03. The van der Waals surface area contributed by atoms with Gasteiger partial charge in [0.15, 0.2) is 0 Å². The summed E-state index contributed by atoms with van der Waals surface area (Å²) in [6.45, 7) is 3.65. The van der Waals surface area contributed by atoms with Crippen LogP contribution in [0.4, 0.5) is 0 Å². The van der Waals surface area contributed by atoms with E-state index >= 15 is 0 Å². The summed E-state index contributed by atoms with van der Waals surface area (Å²) in [5.41, 5.74) is 0. The van der Waals surface area contributed by atoms with E-state index in [9.17, 15) is 8.42 Å².